The number of nitrogens with zero attached hydrogens (tertiary/aromatic N) is 2. The van der Waals surface area contributed by atoms with Gasteiger partial charge in [-0.3, -0.25) is 4.79 Å². The Labute approximate surface area is 177 Å². The van der Waals surface area contributed by atoms with Gasteiger partial charge in [-0.1, -0.05) is 47.5 Å². The predicted octanol–water partition coefficient (Wildman–Crippen LogP) is 4.80. The average molecular weight is 443 g/mol. The number of carbonyl (C=O) groups is 1. The number of fused-ring (bicyclic) bond motifs is 1. The molecule has 0 bridgehead atoms. The van der Waals surface area contributed by atoms with Crippen molar-refractivity contribution in [1.29, 1.82) is 0 Å². The van der Waals surface area contributed by atoms with Crippen LogP contribution in [-0.4, -0.2) is 23.4 Å². The first-order valence-electron chi connectivity index (χ1n) is 9.03. The minimum absolute atomic E-state index is 0.0352. The second-order valence-corrected chi connectivity index (χ2v) is 9.07. The molecule has 0 N–H and O–H groups in total. The molecule has 0 amide bonds. The first-order chi connectivity index (χ1) is 14.3. The molecule has 1 aromatic heterocycles. The summed E-state index contributed by atoms with van der Waals surface area (Å²) >= 11 is 5.98. The summed E-state index contributed by atoms with van der Waals surface area (Å²) in [4.78, 5) is 12.7. The van der Waals surface area contributed by atoms with Crippen molar-refractivity contribution in [1.82, 2.24) is 9.19 Å². The molecule has 0 spiro atoms. The summed E-state index contributed by atoms with van der Waals surface area (Å²) in [6.07, 6.45) is 1.31. The maximum Gasteiger partial charge on any atom is 0.283 e. The minimum atomic E-state index is -3.91. The molecule has 8 heteroatoms. The summed E-state index contributed by atoms with van der Waals surface area (Å²) in [5.41, 5.74) is 1.61. The lowest BCUT2D eigenvalue weighted by molar-refractivity contribution is 0.0989. The Morgan fingerprint density at radius 1 is 1.10 bits per heavy atom. The van der Waals surface area contributed by atoms with E-state index in [2.05, 4.69) is 5.10 Å². The molecule has 1 heterocycles. The van der Waals surface area contributed by atoms with Gasteiger partial charge in [0.25, 0.3) is 10.0 Å². The van der Waals surface area contributed by atoms with Crippen LogP contribution < -0.4 is 0 Å². The van der Waals surface area contributed by atoms with Gasteiger partial charge in [-0.2, -0.15) is 17.6 Å². The number of hydrogen-bond acceptors (Lipinski definition) is 4. The maximum atomic E-state index is 14.0. The average Bonchev–Trinajstić information content (AvgIpc) is 3.12. The van der Waals surface area contributed by atoms with E-state index >= 15 is 0 Å². The van der Waals surface area contributed by atoms with Gasteiger partial charge in [-0.25, -0.2) is 4.39 Å². The van der Waals surface area contributed by atoms with Crippen LogP contribution in [0, 0.1) is 12.7 Å². The molecule has 0 radical (unpaired) electrons. The van der Waals surface area contributed by atoms with E-state index in [4.69, 9.17) is 11.6 Å². The molecule has 4 aromatic rings. The van der Waals surface area contributed by atoms with Gasteiger partial charge in [0.2, 0.25) is 0 Å². The van der Waals surface area contributed by atoms with Crippen molar-refractivity contribution in [3.8, 4) is 0 Å². The van der Waals surface area contributed by atoms with Crippen LogP contribution in [0.4, 0.5) is 4.39 Å². The molecular weight excluding hydrogens is 427 g/mol. The van der Waals surface area contributed by atoms with Crippen LogP contribution in [0.5, 0.6) is 0 Å². The molecule has 152 valence electrons. The van der Waals surface area contributed by atoms with Crippen LogP contribution in [0.15, 0.2) is 71.8 Å². The second-order valence-electron chi connectivity index (χ2n) is 6.90. The number of aryl methyl sites for hydroxylation is 1. The summed E-state index contributed by atoms with van der Waals surface area (Å²) < 4.78 is 41.0. The van der Waals surface area contributed by atoms with E-state index in [-0.39, 0.29) is 21.9 Å². The molecule has 5 nitrogen and oxygen atoms in total. The zero-order valence-electron chi connectivity index (χ0n) is 15.8. The SMILES string of the molecule is Cc1ccc(S(=O)(=O)n2ncc3ccc(CC(=O)c4c(F)cccc4Cl)cc32)cc1. The molecule has 0 saturated heterocycles. The molecule has 30 heavy (non-hydrogen) atoms. The number of benzene rings is 3. The van der Waals surface area contributed by atoms with Crippen molar-refractivity contribution in [3.63, 3.8) is 0 Å². The first-order valence-corrected chi connectivity index (χ1v) is 10.9. The molecule has 0 aliphatic heterocycles. The number of Topliss-reactive ketones (excluding diaryl/α,β-unsaturated/α-hetero) is 1. The van der Waals surface area contributed by atoms with Crippen LogP contribution in [0.25, 0.3) is 10.9 Å². The monoisotopic (exact) mass is 442 g/mol. The molecule has 0 atom stereocenters. The van der Waals surface area contributed by atoms with Gasteiger partial charge in [0.05, 0.1) is 27.2 Å². The van der Waals surface area contributed by atoms with Crippen molar-refractivity contribution >= 4 is 38.3 Å². The van der Waals surface area contributed by atoms with Gasteiger partial charge in [-0.15, -0.1) is 0 Å². The number of rotatable bonds is 5. The van der Waals surface area contributed by atoms with Crippen molar-refractivity contribution < 1.29 is 17.6 Å². The summed E-state index contributed by atoms with van der Waals surface area (Å²) in [6.45, 7) is 1.87. The van der Waals surface area contributed by atoms with Gasteiger partial charge >= 0.3 is 0 Å². The van der Waals surface area contributed by atoms with Gasteiger partial charge in [0.15, 0.2) is 5.78 Å². The zero-order chi connectivity index (χ0) is 21.5. The van der Waals surface area contributed by atoms with E-state index < -0.39 is 21.6 Å². The molecule has 4 rings (SSSR count). The van der Waals surface area contributed by atoms with E-state index in [0.29, 0.717) is 16.5 Å². The number of aromatic nitrogens is 2. The third-order valence-corrected chi connectivity index (χ3v) is 6.68. The van der Waals surface area contributed by atoms with Gasteiger partial charge < -0.3 is 0 Å². The van der Waals surface area contributed by atoms with Crippen molar-refractivity contribution in [2.75, 3.05) is 0 Å². The van der Waals surface area contributed by atoms with Crippen molar-refractivity contribution in [3.05, 3.63) is 94.4 Å². The van der Waals surface area contributed by atoms with Crippen LogP contribution in [0.2, 0.25) is 5.02 Å². The standard InChI is InChI=1S/C22H16ClFN2O3S/c1-14-5-9-17(10-6-14)30(28,29)26-20-11-15(7-8-16(20)13-25-26)12-21(27)22-18(23)3-2-4-19(22)24/h2-11,13H,12H2,1H3. The lowest BCUT2D eigenvalue weighted by Crippen LogP contribution is -2.14. The Balaban J connectivity index is 1.73. The lowest BCUT2D eigenvalue weighted by Gasteiger charge is -2.08. The fraction of sp³-hybridized carbons (Fsp3) is 0.0909. The van der Waals surface area contributed by atoms with E-state index in [9.17, 15) is 17.6 Å². The number of halogens is 2. The highest BCUT2D eigenvalue weighted by atomic mass is 35.5. The van der Waals surface area contributed by atoms with Crippen LogP contribution in [-0.2, 0) is 16.4 Å². The summed E-state index contributed by atoms with van der Waals surface area (Å²) in [5, 5.41) is 4.67. The summed E-state index contributed by atoms with van der Waals surface area (Å²) in [6, 6.07) is 15.4. The number of hydrogen-bond donors (Lipinski definition) is 0. The largest absolute Gasteiger partial charge is 0.294 e. The Bertz CT molecular complexity index is 1360. The molecule has 0 aliphatic carbocycles. The Morgan fingerprint density at radius 3 is 2.53 bits per heavy atom. The summed E-state index contributed by atoms with van der Waals surface area (Å²) in [7, 11) is -3.91. The highest BCUT2D eigenvalue weighted by molar-refractivity contribution is 7.90. The van der Waals surface area contributed by atoms with Crippen molar-refractivity contribution in [2.24, 2.45) is 0 Å². The molecule has 0 unspecified atom stereocenters. The van der Waals surface area contributed by atoms with E-state index in [1.54, 1.807) is 30.3 Å². The molecular formula is C22H16ClFN2O3S. The number of carbonyl (C=O) groups excluding carboxylic acids is 1. The fourth-order valence-electron chi connectivity index (χ4n) is 3.19. The molecule has 0 fully saturated rings. The smallest absolute Gasteiger partial charge is 0.283 e. The quantitative estimate of drug-likeness (QED) is 0.416. The van der Waals surface area contributed by atoms with Gasteiger partial charge in [0, 0.05) is 11.8 Å². The predicted molar refractivity (Wildman–Crippen MR) is 113 cm³/mol. The fourth-order valence-corrected chi connectivity index (χ4v) is 4.73. The van der Waals surface area contributed by atoms with Crippen LogP contribution in [0.1, 0.15) is 21.5 Å². The lowest BCUT2D eigenvalue weighted by atomic mass is 10.0. The van der Waals surface area contributed by atoms with Crippen molar-refractivity contribution in [2.45, 2.75) is 18.2 Å². The Morgan fingerprint density at radius 2 is 1.83 bits per heavy atom. The Hall–Kier alpha value is -3.03. The third kappa shape index (κ3) is 3.62. The van der Waals surface area contributed by atoms with Crippen LogP contribution in [0.3, 0.4) is 0 Å². The third-order valence-electron chi connectivity index (χ3n) is 4.76. The van der Waals surface area contributed by atoms with Gasteiger partial charge in [0.1, 0.15) is 5.82 Å². The highest BCUT2D eigenvalue weighted by Gasteiger charge is 2.21. The van der Waals surface area contributed by atoms with E-state index in [0.717, 1.165) is 9.65 Å². The minimum Gasteiger partial charge on any atom is -0.294 e. The number of ketones is 1. The maximum absolute atomic E-state index is 14.0. The Kier molecular flexibility index (Phi) is 5.17. The second kappa shape index (κ2) is 7.66. The summed E-state index contributed by atoms with van der Waals surface area (Å²) in [5.74, 6) is -1.19. The van der Waals surface area contributed by atoms with E-state index in [1.807, 2.05) is 6.92 Å². The topological polar surface area (TPSA) is 69.0 Å². The highest BCUT2D eigenvalue weighted by Crippen LogP contribution is 2.24. The van der Waals surface area contributed by atoms with E-state index in [1.165, 1.54) is 36.5 Å². The molecule has 0 aliphatic rings. The van der Waals surface area contributed by atoms with Gasteiger partial charge in [-0.05, 0) is 42.8 Å². The first kappa shape index (κ1) is 20.3. The normalized spacial score (nSPS) is 11.7. The zero-order valence-corrected chi connectivity index (χ0v) is 17.4. The molecule has 0 saturated carbocycles. The van der Waals surface area contributed by atoms with Crippen LogP contribution >= 0.6 is 11.6 Å². The molecule has 3 aromatic carbocycles.